The molecular formula is C27H26O12. The highest BCUT2D eigenvalue weighted by atomic mass is 16.6. The van der Waals surface area contributed by atoms with Gasteiger partial charge in [-0.25, -0.2) is 9.59 Å². The van der Waals surface area contributed by atoms with E-state index in [1.807, 2.05) is 0 Å². The number of rotatable bonds is 10. The van der Waals surface area contributed by atoms with E-state index in [0.29, 0.717) is 11.1 Å². The molecule has 1 atom stereocenters. The molecule has 0 saturated carbocycles. The van der Waals surface area contributed by atoms with E-state index >= 15 is 0 Å². The third-order valence-corrected chi connectivity index (χ3v) is 4.55. The van der Waals surface area contributed by atoms with Crippen LogP contribution in [0, 0.1) is 0 Å². The zero-order chi connectivity index (χ0) is 29.1. The molecule has 0 radical (unpaired) electrons. The summed E-state index contributed by atoms with van der Waals surface area (Å²) < 4.78 is 30.1. The van der Waals surface area contributed by atoms with Crippen molar-refractivity contribution in [2.24, 2.45) is 0 Å². The maximum absolute atomic E-state index is 12.5. The van der Waals surface area contributed by atoms with Gasteiger partial charge in [0, 0.05) is 40.2 Å². The normalized spacial score (nSPS) is 11.2. The van der Waals surface area contributed by atoms with E-state index in [0.717, 1.165) is 20.1 Å². The Bertz CT molecular complexity index is 1310. The summed E-state index contributed by atoms with van der Waals surface area (Å²) in [6.07, 6.45) is 0.824. The van der Waals surface area contributed by atoms with Crippen LogP contribution in [0.25, 0.3) is 6.08 Å². The molecule has 0 aliphatic heterocycles. The van der Waals surface area contributed by atoms with Crippen molar-refractivity contribution in [2.45, 2.75) is 40.2 Å². The van der Waals surface area contributed by atoms with Crippen molar-refractivity contribution in [1.82, 2.24) is 0 Å². The van der Waals surface area contributed by atoms with Gasteiger partial charge in [0.05, 0.1) is 7.11 Å². The van der Waals surface area contributed by atoms with Crippen LogP contribution in [0.4, 0.5) is 0 Å². The second-order valence-corrected chi connectivity index (χ2v) is 7.85. The molecule has 1 unspecified atom stereocenters. The van der Waals surface area contributed by atoms with E-state index in [2.05, 4.69) is 0 Å². The summed E-state index contributed by atoms with van der Waals surface area (Å²) in [5.41, 5.74) is 0.794. The van der Waals surface area contributed by atoms with Crippen molar-refractivity contribution in [3.8, 4) is 23.0 Å². The predicted octanol–water partition coefficient (Wildman–Crippen LogP) is 2.73. The lowest BCUT2D eigenvalue weighted by molar-refractivity contribution is -0.162. The molecule has 39 heavy (non-hydrogen) atoms. The molecule has 0 aliphatic rings. The minimum absolute atomic E-state index is 0.0102. The largest absolute Gasteiger partial charge is 0.466 e. The van der Waals surface area contributed by atoms with E-state index in [1.54, 1.807) is 0 Å². The monoisotopic (exact) mass is 542 g/mol. The second-order valence-electron chi connectivity index (χ2n) is 7.85. The molecule has 2 aromatic rings. The molecule has 12 nitrogen and oxygen atoms in total. The van der Waals surface area contributed by atoms with Gasteiger partial charge in [-0.1, -0.05) is 12.1 Å². The molecule has 12 heteroatoms. The molecule has 0 N–H and O–H groups in total. The fourth-order valence-corrected chi connectivity index (χ4v) is 3.12. The van der Waals surface area contributed by atoms with Gasteiger partial charge in [0.25, 0.3) is 0 Å². The van der Waals surface area contributed by atoms with E-state index in [9.17, 15) is 28.8 Å². The molecule has 2 rings (SSSR count). The number of benzene rings is 2. The summed E-state index contributed by atoms with van der Waals surface area (Å²) >= 11 is 0. The van der Waals surface area contributed by atoms with Gasteiger partial charge in [0.1, 0.15) is 0 Å². The molecule has 0 bridgehead atoms. The Morgan fingerprint density at radius 1 is 0.692 bits per heavy atom. The number of methoxy groups -OCH3 is 1. The van der Waals surface area contributed by atoms with Crippen molar-refractivity contribution in [3.63, 3.8) is 0 Å². The lowest BCUT2D eigenvalue weighted by Crippen LogP contribution is -2.30. The molecule has 2 aromatic carbocycles. The van der Waals surface area contributed by atoms with Gasteiger partial charge in [-0.15, -0.1) is 0 Å². The van der Waals surface area contributed by atoms with Gasteiger partial charge in [0.15, 0.2) is 23.0 Å². The summed E-state index contributed by atoms with van der Waals surface area (Å²) in [5.74, 6) is -4.43. The number of carbonyl (C=O) groups excluding carboxylic acids is 6. The molecule has 0 spiro atoms. The van der Waals surface area contributed by atoms with Crippen LogP contribution < -0.4 is 18.9 Å². The quantitative estimate of drug-likeness (QED) is 0.246. The molecule has 0 amide bonds. The topological polar surface area (TPSA) is 158 Å². The minimum atomic E-state index is -1.38. The molecular weight excluding hydrogens is 516 g/mol. The number of ether oxygens (including phenoxy) is 6. The molecule has 0 aliphatic carbocycles. The first-order valence-electron chi connectivity index (χ1n) is 11.3. The number of esters is 6. The van der Waals surface area contributed by atoms with Crippen molar-refractivity contribution in [3.05, 3.63) is 53.6 Å². The minimum Gasteiger partial charge on any atom is -0.466 e. The average molecular weight is 542 g/mol. The van der Waals surface area contributed by atoms with Crippen molar-refractivity contribution in [2.75, 3.05) is 7.11 Å². The van der Waals surface area contributed by atoms with Crippen LogP contribution in [0.15, 0.2) is 42.5 Å². The Morgan fingerprint density at radius 3 is 1.69 bits per heavy atom. The lowest BCUT2D eigenvalue weighted by atomic mass is 10.1. The van der Waals surface area contributed by atoms with Crippen molar-refractivity contribution >= 4 is 41.9 Å². The molecule has 0 saturated heterocycles. The number of carbonyl (C=O) groups is 6. The van der Waals surface area contributed by atoms with Crippen LogP contribution in [0.2, 0.25) is 0 Å². The summed E-state index contributed by atoms with van der Waals surface area (Å²) in [6, 6.07) is 8.45. The van der Waals surface area contributed by atoms with Crippen LogP contribution in [0.5, 0.6) is 23.0 Å². The highest BCUT2D eigenvalue weighted by Crippen LogP contribution is 2.31. The summed E-state index contributed by atoms with van der Waals surface area (Å²) in [5, 5.41) is 0. The maximum Gasteiger partial charge on any atom is 0.347 e. The summed E-state index contributed by atoms with van der Waals surface area (Å²) in [4.78, 5) is 70.2. The average Bonchev–Trinajstić information content (AvgIpc) is 2.83. The number of hydrogen-bond acceptors (Lipinski definition) is 12. The molecule has 0 heterocycles. The zero-order valence-corrected chi connectivity index (χ0v) is 21.8. The van der Waals surface area contributed by atoms with Gasteiger partial charge < -0.3 is 28.4 Å². The Labute approximate surface area is 223 Å². The molecule has 0 aromatic heterocycles. The summed E-state index contributed by atoms with van der Waals surface area (Å²) in [6.45, 7) is 4.69. The van der Waals surface area contributed by atoms with Crippen LogP contribution in [0.1, 0.15) is 38.8 Å². The third kappa shape index (κ3) is 10.1. The maximum atomic E-state index is 12.5. The first-order chi connectivity index (χ1) is 18.4. The second kappa shape index (κ2) is 14.1. The van der Waals surface area contributed by atoms with Gasteiger partial charge in [0.2, 0.25) is 6.10 Å². The predicted molar refractivity (Wildman–Crippen MR) is 133 cm³/mol. The van der Waals surface area contributed by atoms with Gasteiger partial charge in [-0.05, 0) is 41.5 Å². The highest BCUT2D eigenvalue weighted by Gasteiger charge is 2.24. The fraction of sp³-hybridized carbons (Fsp3) is 0.259. The Kier molecular flexibility index (Phi) is 10.9. The fourth-order valence-electron chi connectivity index (χ4n) is 3.12. The smallest absolute Gasteiger partial charge is 0.347 e. The van der Waals surface area contributed by atoms with Crippen LogP contribution in [-0.2, 0) is 44.7 Å². The van der Waals surface area contributed by atoms with Crippen molar-refractivity contribution < 1.29 is 57.2 Å². The van der Waals surface area contributed by atoms with E-state index in [4.69, 9.17) is 28.4 Å². The lowest BCUT2D eigenvalue weighted by Gasteiger charge is -2.16. The SMILES string of the molecule is COC(=O)C(Cc1ccc(OC(C)=O)c(OC(C)=O)c1)OC(=O)/C=C/c1ccc(OC(C)=O)c(OC(C)=O)c1. The van der Waals surface area contributed by atoms with Crippen molar-refractivity contribution in [1.29, 1.82) is 0 Å². The Hall–Kier alpha value is -5.00. The standard InChI is InChI=1S/C27H26O12/c1-15(28)35-21-9-6-19(12-23(21)37-17(3)30)8-11-26(32)39-25(27(33)34-5)14-20-7-10-22(36-16(2)29)24(13-20)38-18(4)31/h6-13,25H,14H2,1-5H3/b11-8+. The van der Waals surface area contributed by atoms with E-state index < -0.39 is 41.9 Å². The Balaban J connectivity index is 2.23. The summed E-state index contributed by atoms with van der Waals surface area (Å²) in [7, 11) is 1.12. The van der Waals surface area contributed by atoms with Gasteiger partial charge in [-0.3, -0.25) is 19.2 Å². The van der Waals surface area contributed by atoms with Crippen LogP contribution in [0.3, 0.4) is 0 Å². The first kappa shape index (κ1) is 30.2. The molecule has 0 fully saturated rings. The molecule has 206 valence electrons. The van der Waals surface area contributed by atoms with Crippen LogP contribution >= 0.6 is 0 Å². The highest BCUT2D eigenvalue weighted by molar-refractivity contribution is 5.89. The van der Waals surface area contributed by atoms with E-state index in [-0.39, 0.29) is 29.4 Å². The number of hydrogen-bond donors (Lipinski definition) is 0. The van der Waals surface area contributed by atoms with Gasteiger partial charge >= 0.3 is 35.8 Å². The third-order valence-electron chi connectivity index (χ3n) is 4.55. The van der Waals surface area contributed by atoms with E-state index in [1.165, 1.54) is 63.2 Å². The van der Waals surface area contributed by atoms with Crippen LogP contribution in [-0.4, -0.2) is 49.0 Å². The Morgan fingerprint density at radius 2 is 1.18 bits per heavy atom. The zero-order valence-electron chi connectivity index (χ0n) is 21.8. The first-order valence-corrected chi connectivity index (χ1v) is 11.3. The van der Waals surface area contributed by atoms with Gasteiger partial charge in [-0.2, -0.15) is 0 Å².